The lowest BCUT2D eigenvalue weighted by Gasteiger charge is -2.03. The van der Waals surface area contributed by atoms with Crippen molar-refractivity contribution in [2.75, 3.05) is 0 Å². The van der Waals surface area contributed by atoms with Crippen molar-refractivity contribution in [1.82, 2.24) is 24.6 Å². The number of hydrogen-bond acceptors (Lipinski definition) is 8. The van der Waals surface area contributed by atoms with Crippen LogP contribution in [0.2, 0.25) is 0 Å². The minimum atomic E-state index is -4.98. The molecule has 0 unspecified atom stereocenters. The fraction of sp³-hybridized carbons (Fsp3) is 0. The highest BCUT2D eigenvalue weighted by Crippen LogP contribution is 2.45. The van der Waals surface area contributed by atoms with E-state index < -0.39 is 15.6 Å². The van der Waals surface area contributed by atoms with Crippen molar-refractivity contribution in [3.63, 3.8) is 0 Å². The van der Waals surface area contributed by atoms with Crippen LogP contribution in [0.1, 0.15) is 0 Å². The molecule has 20 N–H and O–H groups in total. The Kier molecular flexibility index (Phi) is 41.6. The molecule has 0 heterocycles. The molecule has 0 amide bonds. The molecule has 0 spiro atoms. The average molecular weight is 298 g/mol. The maximum Gasteiger partial charge on any atom is 0.497 e. The van der Waals surface area contributed by atoms with Gasteiger partial charge in [-0.2, -0.15) is 0 Å². The van der Waals surface area contributed by atoms with Crippen molar-refractivity contribution < 1.29 is 49.0 Å². The first-order valence-corrected chi connectivity index (χ1v) is 4.76. The van der Waals surface area contributed by atoms with E-state index in [0.29, 0.717) is 0 Å². The molecule has 0 bridgehead atoms. The van der Waals surface area contributed by atoms with Gasteiger partial charge in [0.2, 0.25) is 0 Å². The molecule has 0 atom stereocenters. The summed E-state index contributed by atoms with van der Waals surface area (Å²) in [5, 5.41) is 0. The van der Waals surface area contributed by atoms with Crippen LogP contribution in [0.25, 0.3) is 0 Å². The third kappa shape index (κ3) is 48.3. The van der Waals surface area contributed by atoms with Crippen LogP contribution in [0.3, 0.4) is 0 Å². The Hall–Kier alpha value is -0.0200. The van der Waals surface area contributed by atoms with E-state index in [2.05, 4.69) is 9.35 Å². The molecular weight excluding hydrogens is 278 g/mol. The molecule has 0 radical (unpaired) electrons. The van der Waals surface area contributed by atoms with Crippen molar-refractivity contribution >= 4 is 15.6 Å². The zero-order chi connectivity index (χ0) is 8.41. The molecule has 0 saturated carbocycles. The van der Waals surface area contributed by atoms with Crippen LogP contribution in [0.5, 0.6) is 0 Å². The summed E-state index contributed by atoms with van der Waals surface area (Å²) >= 11 is 0. The Bertz CT molecular complexity index is 171. The highest BCUT2D eigenvalue weighted by molar-refractivity contribution is 7.48. The summed E-state index contributed by atoms with van der Waals surface area (Å²) < 4.78 is 25.4. The van der Waals surface area contributed by atoms with Crippen LogP contribution in [-0.4, -0.2) is 30.5 Å². The molecule has 16 heteroatoms. The van der Waals surface area contributed by atoms with Gasteiger partial charge in [-0.05, 0) is 0 Å². The van der Waals surface area contributed by atoms with Crippen molar-refractivity contribution in [3.05, 3.63) is 0 Å². The molecule has 16 heavy (non-hydrogen) atoms. The minimum absolute atomic E-state index is 0. The predicted molar refractivity (Wildman–Crippen MR) is 53.6 cm³/mol. The van der Waals surface area contributed by atoms with Crippen LogP contribution in [0.4, 0.5) is 0 Å². The maximum atomic E-state index is 9.68. The first-order valence-electron chi connectivity index (χ1n) is 1.70. The zero-order valence-corrected chi connectivity index (χ0v) is 9.93. The summed E-state index contributed by atoms with van der Waals surface area (Å²) in [4.78, 5) is 31.2. The molecule has 0 aliphatic carbocycles. The molecular formula is H20N4O10P2. The fourth-order valence-corrected chi connectivity index (χ4v) is 0.782. The van der Waals surface area contributed by atoms with Gasteiger partial charge in [-0.15, -0.1) is 9.35 Å². The van der Waals surface area contributed by atoms with Gasteiger partial charge in [-0.3, -0.25) is 0 Å². The van der Waals surface area contributed by atoms with Gasteiger partial charge < -0.3 is 55.1 Å². The van der Waals surface area contributed by atoms with E-state index >= 15 is 0 Å². The van der Waals surface area contributed by atoms with Crippen molar-refractivity contribution in [2.24, 2.45) is 0 Å². The van der Waals surface area contributed by atoms with Gasteiger partial charge >= 0.3 is 15.6 Å². The molecule has 0 saturated heterocycles. The van der Waals surface area contributed by atoms with Gasteiger partial charge in [-0.25, -0.2) is 9.13 Å². The van der Waals surface area contributed by atoms with Crippen molar-refractivity contribution in [2.45, 2.75) is 0 Å². The first kappa shape index (κ1) is 44.5. The Morgan fingerprint density at radius 2 is 0.750 bits per heavy atom. The zero-order valence-electron chi connectivity index (χ0n) is 8.14. The molecule has 0 aliphatic rings. The highest BCUT2D eigenvalue weighted by atomic mass is 31.2. The number of phosphoric acid groups is 2. The van der Waals surface area contributed by atoms with E-state index in [1.165, 1.54) is 0 Å². The number of rotatable bonds is 3. The second kappa shape index (κ2) is 15.0. The summed E-state index contributed by atoms with van der Waals surface area (Å²) in [5.41, 5.74) is 0. The van der Waals surface area contributed by atoms with Gasteiger partial charge in [0.05, 0.1) is 0 Å². The second-order valence-electron chi connectivity index (χ2n) is 1.13. The summed E-state index contributed by atoms with van der Waals surface area (Å²) in [6, 6.07) is 0. The Morgan fingerprint density at radius 3 is 0.812 bits per heavy atom. The normalized spacial score (nSPS) is 8.50. The molecule has 110 valence electrons. The lowest BCUT2D eigenvalue weighted by atomic mass is 14.0. The van der Waals surface area contributed by atoms with E-state index in [4.69, 9.17) is 19.6 Å². The van der Waals surface area contributed by atoms with E-state index in [1.54, 1.807) is 0 Å². The number of hydrogen-bond donors (Lipinski definition) is 8. The summed E-state index contributed by atoms with van der Waals surface area (Å²) in [5.74, 6) is 0. The molecule has 0 aromatic heterocycles. The van der Waals surface area contributed by atoms with Gasteiger partial charge in [-0.1, -0.05) is 0 Å². The third-order valence-electron chi connectivity index (χ3n) is 0.228. The van der Waals surface area contributed by atoms with Crippen LogP contribution in [-0.2, 0) is 18.5 Å². The molecule has 0 aromatic carbocycles. The van der Waals surface area contributed by atoms with Gasteiger partial charge in [0.15, 0.2) is 0 Å². The van der Waals surface area contributed by atoms with Crippen LogP contribution >= 0.6 is 15.6 Å². The predicted octanol–water partition coefficient (Wildman–Crippen LogP) is -1.88. The molecule has 0 rings (SSSR count). The molecule has 14 nitrogen and oxygen atoms in total. The Balaban J connectivity index is -0.0000000270. The van der Waals surface area contributed by atoms with Gasteiger partial charge in [0.25, 0.3) is 0 Å². The molecule has 0 fully saturated rings. The lowest BCUT2D eigenvalue weighted by Crippen LogP contribution is -1.89. The van der Waals surface area contributed by atoms with Gasteiger partial charge in [0.1, 0.15) is 0 Å². The Morgan fingerprint density at radius 1 is 0.625 bits per heavy atom. The first-order chi connectivity index (χ1) is 4.21. The molecule has 0 aromatic rings. The van der Waals surface area contributed by atoms with Crippen LogP contribution in [0, 0.1) is 0 Å². The second-order valence-corrected chi connectivity index (χ2v) is 3.39. The van der Waals surface area contributed by atoms with E-state index in [1.807, 2.05) is 0 Å². The SMILES string of the molecule is N.N.N.N.O.O.O=P(O)(O)OOP(=O)(O)O. The fourth-order valence-electron chi connectivity index (χ4n) is 0.0868. The van der Waals surface area contributed by atoms with E-state index in [9.17, 15) is 9.13 Å². The standard InChI is InChI=1S/4H3N.H4O8P2.2H2O/c;;;;1-9(2,3)7-8-10(4,5)6;;/h4*1H3;(H2,1,2,3)(H2,4,5,6);2*1H2. The van der Waals surface area contributed by atoms with Crippen LogP contribution in [0.15, 0.2) is 0 Å². The summed E-state index contributed by atoms with van der Waals surface area (Å²) in [6.07, 6.45) is 0. The van der Waals surface area contributed by atoms with E-state index in [-0.39, 0.29) is 35.6 Å². The van der Waals surface area contributed by atoms with Crippen molar-refractivity contribution in [3.8, 4) is 0 Å². The molecule has 0 aliphatic heterocycles. The highest BCUT2D eigenvalue weighted by Gasteiger charge is 2.24. The minimum Gasteiger partial charge on any atom is -0.412 e. The van der Waals surface area contributed by atoms with Crippen molar-refractivity contribution in [1.29, 1.82) is 0 Å². The smallest absolute Gasteiger partial charge is 0.412 e. The summed E-state index contributed by atoms with van der Waals surface area (Å²) in [7, 11) is -9.95. The average Bonchev–Trinajstić information content (AvgIpc) is 1.57. The van der Waals surface area contributed by atoms with E-state index in [0.717, 1.165) is 0 Å². The van der Waals surface area contributed by atoms with Gasteiger partial charge in [0, 0.05) is 0 Å². The monoisotopic (exact) mass is 298 g/mol. The quantitative estimate of drug-likeness (QED) is 0.161. The largest absolute Gasteiger partial charge is 0.497 e. The summed E-state index contributed by atoms with van der Waals surface area (Å²) in [6.45, 7) is 0. The topological polar surface area (TPSA) is 337 Å². The third-order valence-corrected chi connectivity index (χ3v) is 0.883. The maximum absolute atomic E-state index is 9.68. The Labute approximate surface area is 90.3 Å². The lowest BCUT2D eigenvalue weighted by molar-refractivity contribution is -0.142. The van der Waals surface area contributed by atoms with Crippen LogP contribution < -0.4 is 24.6 Å².